The molecule has 2 aromatic carbocycles. The molecule has 5 rings (SSSR count). The second kappa shape index (κ2) is 11.1. The van der Waals surface area contributed by atoms with Gasteiger partial charge in [-0.1, -0.05) is 23.2 Å². The van der Waals surface area contributed by atoms with Crippen molar-refractivity contribution in [1.82, 2.24) is 14.8 Å². The van der Waals surface area contributed by atoms with E-state index in [-0.39, 0.29) is 0 Å². The number of fused-ring (bicyclic) bond motifs is 1. The summed E-state index contributed by atoms with van der Waals surface area (Å²) in [4.78, 5) is 7.82. The third kappa shape index (κ3) is 5.24. The molecule has 1 aliphatic heterocycles. The molecular formula is C28H27Cl2N5O3. The van der Waals surface area contributed by atoms with E-state index in [0.29, 0.717) is 92.5 Å². The predicted molar refractivity (Wildman–Crippen MR) is 150 cm³/mol. The molecule has 0 amide bonds. The van der Waals surface area contributed by atoms with Gasteiger partial charge in [-0.05, 0) is 31.2 Å². The zero-order valence-electron chi connectivity index (χ0n) is 24.7. The molecule has 196 valence electrons. The molecule has 0 bridgehead atoms. The number of anilines is 2. The molecule has 1 aliphatic rings. The number of hydrogen-bond donors (Lipinski definition) is 1. The lowest BCUT2D eigenvalue weighted by molar-refractivity contribution is 0.140. The highest BCUT2D eigenvalue weighted by atomic mass is 35.5. The summed E-state index contributed by atoms with van der Waals surface area (Å²) in [7, 11) is 3.04. The number of likely N-dealkylation sites (N-methyl/N-ethyl adjacent to an activating group) is 1. The molecule has 4 aromatic rings. The lowest BCUT2D eigenvalue weighted by Crippen LogP contribution is -2.43. The molecule has 8 nitrogen and oxygen atoms in total. The highest BCUT2D eigenvalue weighted by Gasteiger charge is 2.19. The minimum atomic E-state index is -2.14. The number of pyridine rings is 1. The van der Waals surface area contributed by atoms with Gasteiger partial charge >= 0.3 is 0 Å². The van der Waals surface area contributed by atoms with Crippen LogP contribution in [0.4, 0.5) is 11.4 Å². The molecule has 0 saturated carbocycles. The van der Waals surface area contributed by atoms with Crippen LogP contribution in [0.3, 0.4) is 0 Å². The number of hydrogen-bond acceptors (Lipinski definition) is 8. The van der Waals surface area contributed by atoms with Crippen molar-refractivity contribution in [2.45, 2.75) is 6.52 Å². The maximum Gasteiger partial charge on any atom is 0.139 e. The van der Waals surface area contributed by atoms with Gasteiger partial charge in [0.05, 0.1) is 60.9 Å². The van der Waals surface area contributed by atoms with Crippen molar-refractivity contribution in [1.29, 1.82) is 5.26 Å². The van der Waals surface area contributed by atoms with Crippen LogP contribution in [-0.2, 0) is 6.52 Å². The Morgan fingerprint density at radius 2 is 1.89 bits per heavy atom. The van der Waals surface area contributed by atoms with Crippen LogP contribution < -0.4 is 14.8 Å². The number of aromatic nitrogens is 1. The van der Waals surface area contributed by atoms with E-state index in [4.69, 9.17) is 42.6 Å². The van der Waals surface area contributed by atoms with Crippen LogP contribution in [0, 0.1) is 11.3 Å². The van der Waals surface area contributed by atoms with Crippen LogP contribution in [0.5, 0.6) is 11.5 Å². The highest BCUT2D eigenvalue weighted by molar-refractivity contribution is 6.37. The van der Waals surface area contributed by atoms with E-state index in [0.717, 1.165) is 0 Å². The Kier molecular flexibility index (Phi) is 6.26. The Labute approximate surface area is 236 Å². The van der Waals surface area contributed by atoms with E-state index in [1.807, 2.05) is 11.0 Å². The van der Waals surface area contributed by atoms with E-state index in [1.54, 1.807) is 37.6 Å². The highest BCUT2D eigenvalue weighted by Crippen LogP contribution is 2.41. The fourth-order valence-corrected chi connectivity index (χ4v) is 4.85. The van der Waals surface area contributed by atoms with Crippen LogP contribution in [0.15, 0.2) is 47.2 Å². The Hall–Kier alpha value is -3.48. The van der Waals surface area contributed by atoms with Gasteiger partial charge in [-0.2, -0.15) is 5.26 Å². The fraction of sp³-hybridized carbons (Fsp3) is 0.286. The van der Waals surface area contributed by atoms with Crippen LogP contribution in [0.2, 0.25) is 10.0 Å². The first kappa shape index (κ1) is 21.5. The maximum absolute atomic E-state index is 9.84. The number of nitrogens with one attached hydrogen (secondary N) is 1. The molecule has 0 radical (unpaired) electrons. The van der Waals surface area contributed by atoms with Crippen molar-refractivity contribution in [3.63, 3.8) is 0 Å². The summed E-state index contributed by atoms with van der Waals surface area (Å²) in [6.07, 6.45) is 3.03. The number of nitrogens with zero attached hydrogens (tertiary/aromatic N) is 4. The predicted octanol–water partition coefficient (Wildman–Crippen LogP) is 6.18. The van der Waals surface area contributed by atoms with Crippen LogP contribution in [0.1, 0.15) is 16.8 Å². The molecule has 1 atom stereocenters. The SMILES string of the molecule is [2H]C(c1cc(-c2cc3ncc(C#N)c(Nc4cc(OC)c(Cl)cc4Cl)c3cc2OC)co1)N1CCN(C([2H])([2H])[2H])CC1. The Balaban J connectivity index is 1.47. The lowest BCUT2D eigenvalue weighted by atomic mass is 10.0. The lowest BCUT2D eigenvalue weighted by Gasteiger charge is -2.31. The number of halogens is 2. The molecule has 2 aromatic heterocycles. The molecule has 10 heteroatoms. The van der Waals surface area contributed by atoms with Gasteiger partial charge < -0.3 is 24.1 Å². The molecule has 38 heavy (non-hydrogen) atoms. The number of benzene rings is 2. The van der Waals surface area contributed by atoms with Gasteiger partial charge in [0.1, 0.15) is 23.3 Å². The number of nitriles is 1. The summed E-state index contributed by atoms with van der Waals surface area (Å²) in [6.45, 7) is -1.37. The summed E-state index contributed by atoms with van der Waals surface area (Å²) < 4.78 is 48.4. The molecule has 1 saturated heterocycles. The smallest absolute Gasteiger partial charge is 0.139 e. The van der Waals surface area contributed by atoms with Gasteiger partial charge in [0.2, 0.25) is 0 Å². The van der Waals surface area contributed by atoms with Crippen molar-refractivity contribution < 1.29 is 19.4 Å². The second-order valence-corrected chi connectivity index (χ2v) is 9.52. The standard InChI is InChI=1S/C28H27Cl2N5O3/c1-34-4-6-35(7-5-34)15-19-8-17(16-38-19)20-9-24-21(10-26(20)36-2)28(18(13-31)14-32-24)33-25-12-27(37-3)23(30)11-22(25)29/h8-12,14,16H,4-7,15H2,1-3H3,(H,32,33)/i1D3,15D. The molecular weight excluding hydrogens is 525 g/mol. The van der Waals surface area contributed by atoms with Crippen molar-refractivity contribution in [2.24, 2.45) is 0 Å². The number of furan rings is 1. The summed E-state index contributed by atoms with van der Waals surface area (Å²) in [5.74, 6) is 1.35. The summed E-state index contributed by atoms with van der Waals surface area (Å²) in [5.41, 5.74) is 3.22. The van der Waals surface area contributed by atoms with E-state index in [1.165, 1.54) is 18.2 Å². The van der Waals surface area contributed by atoms with Gasteiger partial charge in [0.25, 0.3) is 0 Å². The first-order valence-electron chi connectivity index (χ1n) is 13.8. The number of ether oxygens (including phenoxy) is 2. The van der Waals surface area contributed by atoms with Crippen LogP contribution in [0.25, 0.3) is 22.0 Å². The number of piperazine rings is 1. The average molecular weight is 556 g/mol. The topological polar surface area (TPSA) is 86.8 Å². The molecule has 1 fully saturated rings. The Morgan fingerprint density at radius 3 is 2.61 bits per heavy atom. The summed E-state index contributed by atoms with van der Waals surface area (Å²) >= 11 is 12.6. The second-order valence-electron chi connectivity index (χ2n) is 8.71. The van der Waals surface area contributed by atoms with Gasteiger partial charge in [-0.15, -0.1) is 0 Å². The van der Waals surface area contributed by atoms with Gasteiger partial charge in [0.15, 0.2) is 0 Å². The third-order valence-electron chi connectivity index (χ3n) is 6.37. The number of rotatable bonds is 7. The zero-order valence-corrected chi connectivity index (χ0v) is 22.2. The van der Waals surface area contributed by atoms with E-state index in [2.05, 4.69) is 16.4 Å². The van der Waals surface area contributed by atoms with Crippen LogP contribution in [-0.4, -0.2) is 62.2 Å². The quantitative estimate of drug-likeness (QED) is 0.289. The first-order valence-corrected chi connectivity index (χ1v) is 12.5. The zero-order chi connectivity index (χ0) is 30.2. The Morgan fingerprint density at radius 1 is 1.11 bits per heavy atom. The maximum atomic E-state index is 9.84. The molecule has 0 aliphatic carbocycles. The summed E-state index contributed by atoms with van der Waals surface area (Å²) in [6, 6.07) is 10.8. The van der Waals surface area contributed by atoms with Crippen molar-refractivity contribution in [2.75, 3.05) is 52.7 Å². The van der Waals surface area contributed by atoms with Crippen molar-refractivity contribution >= 4 is 45.5 Å². The van der Waals surface area contributed by atoms with Gasteiger partial charge in [0, 0.05) is 59.1 Å². The van der Waals surface area contributed by atoms with Crippen LogP contribution >= 0.6 is 23.2 Å². The van der Waals surface area contributed by atoms with E-state index < -0.39 is 13.5 Å². The van der Waals surface area contributed by atoms with Gasteiger partial charge in [-0.25, -0.2) is 0 Å². The monoisotopic (exact) mass is 555 g/mol. The van der Waals surface area contributed by atoms with Crippen molar-refractivity contribution in [3.8, 4) is 28.7 Å². The molecule has 3 heterocycles. The number of methoxy groups -OCH3 is 2. The first-order chi connectivity index (χ1) is 20.0. The minimum absolute atomic E-state index is 0.295. The van der Waals surface area contributed by atoms with E-state index >= 15 is 0 Å². The Bertz CT molecular complexity index is 1670. The average Bonchev–Trinajstić information content (AvgIpc) is 3.47. The third-order valence-corrected chi connectivity index (χ3v) is 6.97. The summed E-state index contributed by atoms with van der Waals surface area (Å²) in [5, 5.41) is 14.4. The minimum Gasteiger partial charge on any atom is -0.496 e. The van der Waals surface area contributed by atoms with Crippen molar-refractivity contribution in [3.05, 3.63) is 64.2 Å². The molecule has 0 spiro atoms. The van der Waals surface area contributed by atoms with Gasteiger partial charge in [-0.3, -0.25) is 9.88 Å². The van der Waals surface area contributed by atoms with E-state index in [9.17, 15) is 5.26 Å². The molecule has 1 unspecified atom stereocenters. The normalized spacial score (nSPS) is 17.1. The largest absolute Gasteiger partial charge is 0.496 e. The fourth-order valence-electron chi connectivity index (χ4n) is 4.34. The molecule has 1 N–H and O–H groups in total.